The molecular formula is C7H16N2O3. The lowest BCUT2D eigenvalue weighted by atomic mass is 9.87. The van der Waals surface area contributed by atoms with E-state index < -0.39 is 17.4 Å². The highest BCUT2D eigenvalue weighted by atomic mass is 16.3. The molecule has 5 nitrogen and oxygen atoms in total. The number of aliphatic hydroxyl groups excluding tert-OH is 2. The highest BCUT2D eigenvalue weighted by Gasteiger charge is 2.32. The number of carbonyl (C=O) groups excluding carboxylic acids is 1. The van der Waals surface area contributed by atoms with E-state index in [2.05, 4.69) is 10.9 Å². The Balaban J connectivity index is 4.17. The van der Waals surface area contributed by atoms with Gasteiger partial charge in [-0.1, -0.05) is 13.8 Å². The fraction of sp³-hybridized carbons (Fsp3) is 0.857. The van der Waals surface area contributed by atoms with E-state index >= 15 is 0 Å². The van der Waals surface area contributed by atoms with E-state index in [0.29, 0.717) is 0 Å². The molecule has 0 heterocycles. The van der Waals surface area contributed by atoms with Crippen LogP contribution in [-0.4, -0.2) is 35.9 Å². The second-order valence-electron chi connectivity index (χ2n) is 3.29. The molecule has 72 valence electrons. The largest absolute Gasteiger partial charge is 0.396 e. The third kappa shape index (κ3) is 2.77. The van der Waals surface area contributed by atoms with Gasteiger partial charge in [-0.3, -0.25) is 10.2 Å². The van der Waals surface area contributed by atoms with Gasteiger partial charge in [-0.15, -0.1) is 0 Å². The summed E-state index contributed by atoms with van der Waals surface area (Å²) in [6.07, 6.45) is -1.21. The van der Waals surface area contributed by atoms with Crippen LogP contribution >= 0.6 is 0 Å². The van der Waals surface area contributed by atoms with Gasteiger partial charge in [0, 0.05) is 12.5 Å². The number of amides is 1. The Hall–Kier alpha value is -0.650. The van der Waals surface area contributed by atoms with E-state index in [4.69, 9.17) is 5.11 Å². The van der Waals surface area contributed by atoms with Crippen molar-refractivity contribution in [3.8, 4) is 0 Å². The molecular weight excluding hydrogens is 160 g/mol. The highest BCUT2D eigenvalue weighted by molar-refractivity contribution is 5.80. The Morgan fingerprint density at radius 3 is 2.42 bits per heavy atom. The van der Waals surface area contributed by atoms with Crippen LogP contribution in [0.4, 0.5) is 0 Å². The first-order valence-electron chi connectivity index (χ1n) is 3.71. The van der Waals surface area contributed by atoms with Crippen LogP contribution in [0.5, 0.6) is 0 Å². The lowest BCUT2D eigenvalue weighted by molar-refractivity contribution is -0.138. The third-order valence-corrected chi connectivity index (χ3v) is 1.64. The van der Waals surface area contributed by atoms with Gasteiger partial charge in [0.25, 0.3) is 5.91 Å². The van der Waals surface area contributed by atoms with Crippen molar-refractivity contribution >= 4 is 5.91 Å². The first kappa shape index (κ1) is 11.4. The summed E-state index contributed by atoms with van der Waals surface area (Å²) in [5, 5.41) is 18.2. The minimum absolute atomic E-state index is 0.245. The first-order chi connectivity index (χ1) is 5.45. The van der Waals surface area contributed by atoms with Crippen molar-refractivity contribution < 1.29 is 15.0 Å². The van der Waals surface area contributed by atoms with Crippen molar-refractivity contribution in [3.63, 3.8) is 0 Å². The fourth-order valence-electron chi connectivity index (χ4n) is 0.633. The predicted octanol–water partition coefficient (Wildman–Crippen LogP) is -1.38. The minimum atomic E-state index is -1.21. The van der Waals surface area contributed by atoms with Gasteiger partial charge >= 0.3 is 0 Å². The molecule has 1 unspecified atom stereocenters. The molecule has 0 aliphatic carbocycles. The van der Waals surface area contributed by atoms with Gasteiger partial charge in [0.2, 0.25) is 0 Å². The van der Waals surface area contributed by atoms with Crippen LogP contribution in [0, 0.1) is 5.41 Å². The van der Waals surface area contributed by atoms with Gasteiger partial charge in [0.15, 0.2) is 0 Å². The molecule has 0 fully saturated rings. The van der Waals surface area contributed by atoms with Crippen LogP contribution in [0.3, 0.4) is 0 Å². The number of carbonyl (C=O) groups is 1. The van der Waals surface area contributed by atoms with Gasteiger partial charge in [0.05, 0.1) is 6.61 Å². The van der Waals surface area contributed by atoms with E-state index in [0.717, 1.165) is 0 Å². The normalized spacial score (nSPS) is 14.1. The van der Waals surface area contributed by atoms with Crippen LogP contribution in [0.2, 0.25) is 0 Å². The number of hydrazine groups is 1. The van der Waals surface area contributed by atoms with Gasteiger partial charge in [-0.05, 0) is 0 Å². The molecule has 0 aromatic rings. The SMILES string of the molecule is CNNC(=O)C(O)C(C)(C)CO. The molecule has 0 aliphatic heterocycles. The second kappa shape index (κ2) is 4.39. The topological polar surface area (TPSA) is 81.6 Å². The highest BCUT2D eigenvalue weighted by Crippen LogP contribution is 2.19. The molecule has 12 heavy (non-hydrogen) atoms. The number of rotatable bonds is 4. The summed E-state index contributed by atoms with van der Waals surface area (Å²) >= 11 is 0. The Kier molecular flexibility index (Phi) is 4.16. The third-order valence-electron chi connectivity index (χ3n) is 1.64. The number of aliphatic hydroxyl groups is 2. The first-order valence-corrected chi connectivity index (χ1v) is 3.71. The molecule has 0 radical (unpaired) electrons. The summed E-state index contributed by atoms with van der Waals surface area (Å²) in [4.78, 5) is 11.0. The maximum atomic E-state index is 11.0. The molecule has 0 aromatic heterocycles. The van der Waals surface area contributed by atoms with E-state index in [1.165, 1.54) is 7.05 Å². The fourth-order valence-corrected chi connectivity index (χ4v) is 0.633. The van der Waals surface area contributed by atoms with Crippen LogP contribution in [0.15, 0.2) is 0 Å². The maximum Gasteiger partial charge on any atom is 0.263 e. The van der Waals surface area contributed by atoms with Crippen molar-refractivity contribution in [2.24, 2.45) is 5.41 Å². The summed E-state index contributed by atoms with van der Waals surface area (Å²) in [7, 11) is 1.52. The summed E-state index contributed by atoms with van der Waals surface area (Å²) in [5.41, 5.74) is 3.82. The molecule has 0 aliphatic rings. The van der Waals surface area contributed by atoms with E-state index in [1.54, 1.807) is 13.8 Å². The standard InChI is InChI=1S/C7H16N2O3/c1-7(2,4-10)5(11)6(12)9-8-3/h5,8,10-11H,4H2,1-3H3,(H,9,12). The lowest BCUT2D eigenvalue weighted by Gasteiger charge is -2.26. The van der Waals surface area contributed by atoms with Crippen molar-refractivity contribution in [2.45, 2.75) is 20.0 Å². The van der Waals surface area contributed by atoms with Crippen molar-refractivity contribution in [1.82, 2.24) is 10.9 Å². The quantitative estimate of drug-likeness (QED) is 0.398. The monoisotopic (exact) mass is 176 g/mol. The van der Waals surface area contributed by atoms with Crippen LogP contribution in [0.1, 0.15) is 13.8 Å². The van der Waals surface area contributed by atoms with Crippen LogP contribution < -0.4 is 10.9 Å². The number of hydrogen-bond donors (Lipinski definition) is 4. The molecule has 0 spiro atoms. The number of hydrogen-bond acceptors (Lipinski definition) is 4. The summed E-state index contributed by atoms with van der Waals surface area (Å²) in [6, 6.07) is 0. The van der Waals surface area contributed by atoms with Crippen molar-refractivity contribution in [2.75, 3.05) is 13.7 Å². The Morgan fingerprint density at radius 1 is 1.58 bits per heavy atom. The maximum absolute atomic E-state index is 11.0. The Bertz CT molecular complexity index is 159. The molecule has 4 N–H and O–H groups in total. The average Bonchev–Trinajstić information content (AvgIpc) is 2.03. The Morgan fingerprint density at radius 2 is 2.08 bits per heavy atom. The van der Waals surface area contributed by atoms with Gasteiger partial charge < -0.3 is 10.2 Å². The molecule has 0 bridgehead atoms. The van der Waals surface area contributed by atoms with Crippen molar-refractivity contribution in [1.29, 1.82) is 0 Å². The molecule has 0 saturated carbocycles. The van der Waals surface area contributed by atoms with Crippen molar-refractivity contribution in [3.05, 3.63) is 0 Å². The summed E-state index contributed by atoms with van der Waals surface area (Å²) < 4.78 is 0. The predicted molar refractivity (Wildman–Crippen MR) is 44.1 cm³/mol. The molecule has 0 saturated heterocycles. The van der Waals surface area contributed by atoms with Crippen LogP contribution in [0.25, 0.3) is 0 Å². The Labute approximate surface area is 71.7 Å². The summed E-state index contributed by atoms with van der Waals surface area (Å²) in [6.45, 7) is 2.96. The molecule has 5 heteroatoms. The smallest absolute Gasteiger partial charge is 0.263 e. The zero-order valence-electron chi connectivity index (χ0n) is 7.59. The minimum Gasteiger partial charge on any atom is -0.396 e. The van der Waals surface area contributed by atoms with Gasteiger partial charge in [-0.25, -0.2) is 5.43 Å². The van der Waals surface area contributed by atoms with E-state index in [-0.39, 0.29) is 6.61 Å². The molecule has 0 rings (SSSR count). The van der Waals surface area contributed by atoms with E-state index in [9.17, 15) is 9.90 Å². The zero-order valence-corrected chi connectivity index (χ0v) is 7.59. The molecule has 1 amide bonds. The zero-order chi connectivity index (χ0) is 9.78. The molecule has 0 aromatic carbocycles. The van der Waals surface area contributed by atoms with Gasteiger partial charge in [-0.2, -0.15) is 0 Å². The average molecular weight is 176 g/mol. The van der Waals surface area contributed by atoms with Gasteiger partial charge in [0.1, 0.15) is 6.10 Å². The lowest BCUT2D eigenvalue weighted by Crippen LogP contribution is -2.49. The van der Waals surface area contributed by atoms with E-state index in [1.807, 2.05) is 0 Å². The molecule has 1 atom stereocenters. The number of nitrogens with one attached hydrogen (secondary N) is 2. The second-order valence-corrected chi connectivity index (χ2v) is 3.29. The summed E-state index contributed by atoms with van der Waals surface area (Å²) in [5.74, 6) is -0.545. The van der Waals surface area contributed by atoms with Crippen LogP contribution in [-0.2, 0) is 4.79 Å².